The molecule has 2 N–H and O–H groups in total. The number of carbonyl (C=O) groups is 2. The maximum Gasteiger partial charge on any atom is 0.253 e. The Morgan fingerprint density at radius 2 is 1.92 bits per heavy atom. The lowest BCUT2D eigenvalue weighted by Gasteiger charge is -2.14. The quantitative estimate of drug-likeness (QED) is 0.347. The molecule has 0 unspecified atom stereocenters. The SMILES string of the molecule is Cc1cccc([C@H](C)NC(=O)c2cn(C)c3ccc(-c4ccn5nc(NC(=O)C6CC6)cc5n4)cc23)c1. The van der Waals surface area contributed by atoms with Crippen LogP contribution in [0.2, 0.25) is 0 Å². The Bertz CT molecular complexity index is 1680. The number of hydrogen-bond acceptors (Lipinski definition) is 4. The van der Waals surface area contributed by atoms with Crippen molar-refractivity contribution in [2.24, 2.45) is 13.0 Å². The molecule has 1 aliphatic carbocycles. The highest BCUT2D eigenvalue weighted by Crippen LogP contribution is 2.31. The van der Waals surface area contributed by atoms with E-state index in [1.54, 1.807) is 10.6 Å². The first kappa shape index (κ1) is 23.0. The molecule has 1 aliphatic rings. The largest absolute Gasteiger partial charge is 0.350 e. The van der Waals surface area contributed by atoms with Gasteiger partial charge in [-0.2, -0.15) is 0 Å². The van der Waals surface area contributed by atoms with Crippen molar-refractivity contribution in [3.63, 3.8) is 0 Å². The third-order valence-corrected chi connectivity index (χ3v) is 6.94. The van der Waals surface area contributed by atoms with E-state index in [4.69, 9.17) is 4.98 Å². The highest BCUT2D eigenvalue weighted by atomic mass is 16.2. The van der Waals surface area contributed by atoms with Crippen molar-refractivity contribution in [1.82, 2.24) is 24.5 Å². The number of aryl methyl sites for hydroxylation is 2. The average Bonchev–Trinajstić information content (AvgIpc) is 3.59. The van der Waals surface area contributed by atoms with Gasteiger partial charge in [-0.15, -0.1) is 5.10 Å². The fraction of sp³-hybridized carbons (Fsp3) is 0.241. The summed E-state index contributed by atoms with van der Waals surface area (Å²) in [4.78, 5) is 30.2. The van der Waals surface area contributed by atoms with Crippen LogP contribution in [0.25, 0.3) is 27.8 Å². The van der Waals surface area contributed by atoms with Gasteiger partial charge in [0.05, 0.1) is 17.3 Å². The van der Waals surface area contributed by atoms with Gasteiger partial charge in [-0.1, -0.05) is 35.9 Å². The molecule has 6 rings (SSSR count). The Labute approximate surface area is 214 Å². The molecule has 0 bridgehead atoms. The molecule has 0 spiro atoms. The number of carbonyl (C=O) groups excluding carboxylic acids is 2. The Kier molecular flexibility index (Phi) is 5.52. The molecule has 0 aliphatic heterocycles. The predicted molar refractivity (Wildman–Crippen MR) is 143 cm³/mol. The molecule has 8 nitrogen and oxygen atoms in total. The summed E-state index contributed by atoms with van der Waals surface area (Å²) in [5.74, 6) is 0.506. The van der Waals surface area contributed by atoms with E-state index in [-0.39, 0.29) is 23.8 Å². The maximum absolute atomic E-state index is 13.3. The zero-order chi connectivity index (χ0) is 25.7. The topological polar surface area (TPSA) is 93.3 Å². The second-order valence-corrected chi connectivity index (χ2v) is 9.90. The van der Waals surface area contributed by atoms with E-state index in [1.165, 1.54) is 0 Å². The molecule has 3 heterocycles. The lowest BCUT2D eigenvalue weighted by molar-refractivity contribution is -0.117. The highest BCUT2D eigenvalue weighted by Gasteiger charge is 2.30. The first-order chi connectivity index (χ1) is 17.9. The summed E-state index contributed by atoms with van der Waals surface area (Å²) in [5, 5.41) is 11.3. The smallest absolute Gasteiger partial charge is 0.253 e. The minimum Gasteiger partial charge on any atom is -0.350 e. The molecule has 2 aromatic carbocycles. The van der Waals surface area contributed by atoms with Crippen LogP contribution in [-0.2, 0) is 11.8 Å². The van der Waals surface area contributed by atoms with Crippen LogP contribution < -0.4 is 10.6 Å². The second kappa shape index (κ2) is 8.89. The Morgan fingerprint density at radius 3 is 2.70 bits per heavy atom. The summed E-state index contributed by atoms with van der Waals surface area (Å²) in [6.07, 6.45) is 5.58. The molecular weight excluding hydrogens is 464 g/mol. The molecular formula is C29H28N6O2. The van der Waals surface area contributed by atoms with Gasteiger partial charge in [0.15, 0.2) is 11.5 Å². The number of benzene rings is 2. The van der Waals surface area contributed by atoms with E-state index >= 15 is 0 Å². The zero-order valence-electron chi connectivity index (χ0n) is 21.0. The fourth-order valence-corrected chi connectivity index (χ4v) is 4.70. The molecule has 5 aromatic rings. The average molecular weight is 493 g/mol. The van der Waals surface area contributed by atoms with Crippen LogP contribution in [0, 0.1) is 12.8 Å². The van der Waals surface area contributed by atoms with Crippen LogP contribution in [0.15, 0.2) is 67.0 Å². The monoisotopic (exact) mass is 492 g/mol. The van der Waals surface area contributed by atoms with Crippen molar-refractivity contribution in [2.45, 2.75) is 32.7 Å². The summed E-state index contributed by atoms with van der Waals surface area (Å²) in [5.41, 5.74) is 6.11. The lowest BCUT2D eigenvalue weighted by Crippen LogP contribution is -2.26. The first-order valence-electron chi connectivity index (χ1n) is 12.5. The number of nitrogens with one attached hydrogen (secondary N) is 2. The van der Waals surface area contributed by atoms with Crippen molar-refractivity contribution < 1.29 is 9.59 Å². The molecule has 1 fully saturated rings. The summed E-state index contributed by atoms with van der Waals surface area (Å²) in [7, 11) is 1.94. The molecule has 8 heteroatoms. The van der Waals surface area contributed by atoms with E-state index in [9.17, 15) is 9.59 Å². The van der Waals surface area contributed by atoms with Gasteiger partial charge in [0, 0.05) is 47.9 Å². The third kappa shape index (κ3) is 4.46. The van der Waals surface area contributed by atoms with Gasteiger partial charge in [-0.3, -0.25) is 9.59 Å². The molecule has 1 atom stereocenters. The van der Waals surface area contributed by atoms with E-state index < -0.39 is 0 Å². The maximum atomic E-state index is 13.3. The van der Waals surface area contributed by atoms with Gasteiger partial charge in [0.2, 0.25) is 5.91 Å². The van der Waals surface area contributed by atoms with Crippen molar-refractivity contribution in [3.05, 3.63) is 83.7 Å². The van der Waals surface area contributed by atoms with Crippen LogP contribution >= 0.6 is 0 Å². The lowest BCUT2D eigenvalue weighted by atomic mass is 10.0. The normalized spacial score (nSPS) is 14.1. The van der Waals surface area contributed by atoms with Gasteiger partial charge in [-0.05, 0) is 50.5 Å². The number of anilines is 1. The van der Waals surface area contributed by atoms with Gasteiger partial charge in [-0.25, -0.2) is 9.50 Å². The van der Waals surface area contributed by atoms with Crippen LogP contribution in [-0.4, -0.2) is 31.0 Å². The van der Waals surface area contributed by atoms with E-state index in [2.05, 4.69) is 21.8 Å². The van der Waals surface area contributed by atoms with Gasteiger partial charge in [0.25, 0.3) is 5.91 Å². The van der Waals surface area contributed by atoms with Crippen LogP contribution in [0.5, 0.6) is 0 Å². The summed E-state index contributed by atoms with van der Waals surface area (Å²) in [6.45, 7) is 4.04. The van der Waals surface area contributed by atoms with Gasteiger partial charge in [0.1, 0.15) is 0 Å². The number of hydrogen-bond donors (Lipinski definition) is 2. The first-order valence-corrected chi connectivity index (χ1v) is 12.5. The fourth-order valence-electron chi connectivity index (χ4n) is 4.70. The zero-order valence-corrected chi connectivity index (χ0v) is 21.0. The van der Waals surface area contributed by atoms with Crippen LogP contribution in [0.4, 0.5) is 5.82 Å². The van der Waals surface area contributed by atoms with E-state index in [1.807, 2.05) is 80.3 Å². The Balaban J connectivity index is 1.29. The predicted octanol–water partition coefficient (Wildman–Crippen LogP) is 5.04. The molecule has 2 amide bonds. The molecule has 0 radical (unpaired) electrons. The highest BCUT2D eigenvalue weighted by molar-refractivity contribution is 6.08. The number of fused-ring (bicyclic) bond motifs is 2. The molecule has 3 aromatic heterocycles. The number of amides is 2. The number of aromatic nitrogens is 4. The second-order valence-electron chi connectivity index (χ2n) is 9.90. The van der Waals surface area contributed by atoms with Gasteiger partial charge >= 0.3 is 0 Å². The van der Waals surface area contributed by atoms with Crippen LogP contribution in [0.3, 0.4) is 0 Å². The van der Waals surface area contributed by atoms with Crippen molar-refractivity contribution >= 4 is 34.2 Å². The summed E-state index contributed by atoms with van der Waals surface area (Å²) in [6, 6.07) is 17.7. The standard InChI is InChI=1S/C29H28N6O2/c1-17-5-4-6-20(13-17)18(2)30-29(37)23-16-34(3)25-10-9-21(14-22(23)25)24-11-12-35-27(31-24)15-26(33-35)32-28(36)19-7-8-19/h4-6,9-16,18-19H,7-8H2,1-3H3,(H,30,37)(H,32,33,36)/t18-/m0/s1. The van der Waals surface area contributed by atoms with E-state index in [0.29, 0.717) is 17.0 Å². The molecule has 37 heavy (non-hydrogen) atoms. The summed E-state index contributed by atoms with van der Waals surface area (Å²) >= 11 is 0. The Hall–Kier alpha value is -4.46. The molecule has 186 valence electrons. The van der Waals surface area contributed by atoms with Crippen LogP contribution in [0.1, 0.15) is 47.3 Å². The molecule has 0 saturated heterocycles. The van der Waals surface area contributed by atoms with Crippen molar-refractivity contribution in [2.75, 3.05) is 5.32 Å². The van der Waals surface area contributed by atoms with Crippen molar-refractivity contribution in [3.8, 4) is 11.3 Å². The van der Waals surface area contributed by atoms with Crippen molar-refractivity contribution in [1.29, 1.82) is 0 Å². The number of nitrogens with zero attached hydrogens (tertiary/aromatic N) is 4. The van der Waals surface area contributed by atoms with Gasteiger partial charge < -0.3 is 15.2 Å². The van der Waals surface area contributed by atoms with E-state index in [0.717, 1.165) is 46.1 Å². The molecule has 1 saturated carbocycles. The number of rotatable bonds is 6. The Morgan fingerprint density at radius 1 is 1.08 bits per heavy atom. The minimum atomic E-state index is -0.119. The summed E-state index contributed by atoms with van der Waals surface area (Å²) < 4.78 is 3.62. The third-order valence-electron chi connectivity index (χ3n) is 6.94. The minimum absolute atomic E-state index is 0.0145.